The molecule has 3 rings (SSSR count). The number of rotatable bonds is 8. The van der Waals surface area contributed by atoms with Crippen LogP contribution in [0.3, 0.4) is 0 Å². The van der Waals surface area contributed by atoms with Crippen molar-refractivity contribution in [2.75, 3.05) is 13.7 Å². The third-order valence-electron chi connectivity index (χ3n) is 5.33. The Balaban J connectivity index is 1.59. The van der Waals surface area contributed by atoms with Crippen LogP contribution in [0.15, 0.2) is 42.5 Å². The highest BCUT2D eigenvalue weighted by atomic mass is 16.5. The highest BCUT2D eigenvalue weighted by Gasteiger charge is 2.27. The number of carbonyl (C=O) groups is 3. The monoisotopic (exact) mass is 409 g/mol. The lowest BCUT2D eigenvalue weighted by Gasteiger charge is -2.21. The Bertz CT molecular complexity index is 933. The number of Topliss-reactive ketones (excluding diaryl/α,β-unsaturated/α-hetero) is 1. The van der Waals surface area contributed by atoms with Crippen LogP contribution < -0.4 is 10.1 Å². The van der Waals surface area contributed by atoms with E-state index >= 15 is 0 Å². The van der Waals surface area contributed by atoms with Crippen LogP contribution in [0.2, 0.25) is 0 Å². The van der Waals surface area contributed by atoms with Crippen molar-refractivity contribution in [1.82, 2.24) is 5.32 Å². The van der Waals surface area contributed by atoms with Crippen molar-refractivity contribution < 1.29 is 23.9 Å². The zero-order valence-corrected chi connectivity index (χ0v) is 17.6. The van der Waals surface area contributed by atoms with Crippen molar-refractivity contribution in [1.29, 1.82) is 0 Å². The standard InChI is InChI=1S/C24H27NO5/c1-15(2)22(25-23(27)17-9-11-20(29-3)12-10-17)24(28)30-14-21(26)19-8-7-16-5-4-6-18(16)13-19/h7-13,15,22H,4-6,14H2,1-3H3,(H,25,27)/t22-/m0/s1. The second-order valence-corrected chi connectivity index (χ2v) is 7.79. The van der Waals surface area contributed by atoms with Gasteiger partial charge in [-0.15, -0.1) is 0 Å². The number of carbonyl (C=O) groups excluding carboxylic acids is 3. The lowest BCUT2D eigenvalue weighted by atomic mass is 10.0. The van der Waals surface area contributed by atoms with Gasteiger partial charge in [0.25, 0.3) is 5.91 Å². The van der Waals surface area contributed by atoms with Gasteiger partial charge in [0.15, 0.2) is 12.4 Å². The largest absolute Gasteiger partial charge is 0.497 e. The summed E-state index contributed by atoms with van der Waals surface area (Å²) >= 11 is 0. The quantitative estimate of drug-likeness (QED) is 0.534. The van der Waals surface area contributed by atoms with Crippen molar-refractivity contribution in [2.45, 2.75) is 39.2 Å². The van der Waals surface area contributed by atoms with Gasteiger partial charge in [0.05, 0.1) is 7.11 Å². The summed E-state index contributed by atoms with van der Waals surface area (Å²) in [5.41, 5.74) is 3.43. The molecule has 1 amide bonds. The fraction of sp³-hybridized carbons (Fsp3) is 0.375. The topological polar surface area (TPSA) is 81.7 Å². The number of hydrogen-bond donors (Lipinski definition) is 1. The molecule has 30 heavy (non-hydrogen) atoms. The summed E-state index contributed by atoms with van der Waals surface area (Å²) in [7, 11) is 1.55. The van der Waals surface area contributed by atoms with Gasteiger partial charge in [-0.3, -0.25) is 9.59 Å². The van der Waals surface area contributed by atoms with Gasteiger partial charge in [0, 0.05) is 11.1 Å². The minimum Gasteiger partial charge on any atom is -0.497 e. The average Bonchev–Trinajstić information content (AvgIpc) is 3.23. The van der Waals surface area contributed by atoms with Gasteiger partial charge >= 0.3 is 5.97 Å². The van der Waals surface area contributed by atoms with Crippen molar-refractivity contribution in [2.24, 2.45) is 5.92 Å². The van der Waals surface area contributed by atoms with E-state index in [2.05, 4.69) is 5.32 Å². The van der Waals surface area contributed by atoms with E-state index in [4.69, 9.17) is 9.47 Å². The molecule has 1 aliphatic rings. The first-order valence-electron chi connectivity index (χ1n) is 10.2. The van der Waals surface area contributed by atoms with Gasteiger partial charge in [0.1, 0.15) is 11.8 Å². The SMILES string of the molecule is COc1ccc(C(=O)N[C@H](C(=O)OCC(=O)c2ccc3c(c2)CCC3)C(C)C)cc1. The van der Waals surface area contributed by atoms with Crippen LogP contribution in [-0.4, -0.2) is 37.4 Å². The molecule has 0 spiro atoms. The van der Waals surface area contributed by atoms with Crippen molar-refractivity contribution >= 4 is 17.7 Å². The molecule has 0 saturated heterocycles. The summed E-state index contributed by atoms with van der Waals surface area (Å²) < 4.78 is 10.3. The molecule has 1 aliphatic carbocycles. The molecular weight excluding hydrogens is 382 g/mol. The Kier molecular flexibility index (Phi) is 6.87. The number of amides is 1. The van der Waals surface area contributed by atoms with Crippen molar-refractivity contribution in [3.05, 3.63) is 64.7 Å². The Morgan fingerprint density at radius 3 is 2.30 bits per heavy atom. The van der Waals surface area contributed by atoms with E-state index in [0.717, 1.165) is 19.3 Å². The first-order valence-corrected chi connectivity index (χ1v) is 10.2. The van der Waals surface area contributed by atoms with Gasteiger partial charge in [-0.25, -0.2) is 4.79 Å². The van der Waals surface area contributed by atoms with E-state index in [1.54, 1.807) is 37.4 Å². The second-order valence-electron chi connectivity index (χ2n) is 7.79. The first kappa shape index (κ1) is 21.6. The fourth-order valence-corrected chi connectivity index (χ4v) is 3.52. The molecule has 1 atom stereocenters. The van der Waals surface area contributed by atoms with Crippen LogP contribution in [0.25, 0.3) is 0 Å². The maximum atomic E-state index is 12.6. The van der Waals surface area contributed by atoms with Crippen LogP contribution in [0.5, 0.6) is 5.75 Å². The highest BCUT2D eigenvalue weighted by Crippen LogP contribution is 2.23. The predicted octanol–water partition coefficient (Wildman–Crippen LogP) is 3.36. The third-order valence-corrected chi connectivity index (χ3v) is 5.33. The van der Waals surface area contributed by atoms with Crippen molar-refractivity contribution in [3.8, 4) is 5.75 Å². The maximum Gasteiger partial charge on any atom is 0.329 e. The minimum atomic E-state index is -0.854. The molecule has 1 N–H and O–H groups in total. The van der Waals surface area contributed by atoms with Gasteiger partial charge < -0.3 is 14.8 Å². The Morgan fingerprint density at radius 1 is 0.967 bits per heavy atom. The van der Waals surface area contributed by atoms with Gasteiger partial charge in [0.2, 0.25) is 0 Å². The number of ether oxygens (including phenoxy) is 2. The second kappa shape index (κ2) is 9.57. The molecule has 6 nitrogen and oxygen atoms in total. The number of aryl methyl sites for hydroxylation is 2. The summed E-state index contributed by atoms with van der Waals surface area (Å²) in [6.45, 7) is 3.27. The summed E-state index contributed by atoms with van der Waals surface area (Å²) in [6.07, 6.45) is 3.12. The highest BCUT2D eigenvalue weighted by molar-refractivity contribution is 5.99. The zero-order valence-electron chi connectivity index (χ0n) is 17.6. The Labute approximate surface area is 176 Å². The number of benzene rings is 2. The van der Waals surface area contributed by atoms with E-state index in [-0.39, 0.29) is 18.3 Å². The molecule has 0 aromatic heterocycles. The molecule has 0 bridgehead atoms. The van der Waals surface area contributed by atoms with Gasteiger partial charge in [-0.2, -0.15) is 0 Å². The molecule has 0 heterocycles. The zero-order chi connectivity index (χ0) is 21.7. The van der Waals surface area contributed by atoms with E-state index in [1.807, 2.05) is 26.0 Å². The molecule has 158 valence electrons. The molecule has 2 aromatic rings. The number of methoxy groups -OCH3 is 1. The lowest BCUT2D eigenvalue weighted by molar-refractivity contribution is -0.145. The molecule has 0 unspecified atom stereocenters. The molecule has 0 aliphatic heterocycles. The molecular formula is C24H27NO5. The first-order chi connectivity index (χ1) is 14.4. The van der Waals surface area contributed by atoms with E-state index in [1.165, 1.54) is 11.1 Å². The molecule has 0 saturated carbocycles. The van der Waals surface area contributed by atoms with Gasteiger partial charge in [-0.05, 0) is 66.6 Å². The number of esters is 1. The summed E-state index contributed by atoms with van der Waals surface area (Å²) in [5, 5.41) is 2.70. The molecule has 0 fully saturated rings. The Hall–Kier alpha value is -3.15. The fourth-order valence-electron chi connectivity index (χ4n) is 3.52. The molecule has 0 radical (unpaired) electrons. The van der Waals surface area contributed by atoms with E-state index in [9.17, 15) is 14.4 Å². The van der Waals surface area contributed by atoms with Crippen LogP contribution in [0.1, 0.15) is 52.1 Å². The van der Waals surface area contributed by atoms with Gasteiger partial charge in [-0.1, -0.05) is 26.0 Å². The number of fused-ring (bicyclic) bond motifs is 1. The summed E-state index contributed by atoms with van der Waals surface area (Å²) in [5.74, 6) is -0.826. The minimum absolute atomic E-state index is 0.199. The molecule has 2 aromatic carbocycles. The number of hydrogen-bond acceptors (Lipinski definition) is 5. The normalized spacial score (nSPS) is 13.5. The average molecular weight is 409 g/mol. The number of nitrogens with one attached hydrogen (secondary N) is 1. The maximum absolute atomic E-state index is 12.6. The van der Waals surface area contributed by atoms with Crippen LogP contribution in [-0.2, 0) is 22.4 Å². The summed E-state index contributed by atoms with van der Waals surface area (Å²) in [4.78, 5) is 37.5. The third kappa shape index (κ3) is 5.06. The molecule has 6 heteroatoms. The number of ketones is 1. The smallest absolute Gasteiger partial charge is 0.329 e. The van der Waals surface area contributed by atoms with Crippen LogP contribution in [0.4, 0.5) is 0 Å². The van der Waals surface area contributed by atoms with Crippen LogP contribution in [0, 0.1) is 5.92 Å². The van der Waals surface area contributed by atoms with E-state index in [0.29, 0.717) is 16.9 Å². The van der Waals surface area contributed by atoms with Crippen molar-refractivity contribution in [3.63, 3.8) is 0 Å². The lowest BCUT2D eigenvalue weighted by Crippen LogP contribution is -2.45. The summed E-state index contributed by atoms with van der Waals surface area (Å²) in [6, 6.07) is 11.4. The Morgan fingerprint density at radius 2 is 1.63 bits per heavy atom. The van der Waals surface area contributed by atoms with Crippen LogP contribution >= 0.6 is 0 Å². The van der Waals surface area contributed by atoms with E-state index < -0.39 is 17.9 Å². The predicted molar refractivity (Wildman–Crippen MR) is 113 cm³/mol.